The molecule has 0 unspecified atom stereocenters. The van der Waals surface area contributed by atoms with E-state index >= 15 is 0 Å². The number of hydrogen-bond acceptors (Lipinski definition) is 5. The number of aryl methyl sites for hydroxylation is 1. The summed E-state index contributed by atoms with van der Waals surface area (Å²) in [5.74, 6) is 0. The van der Waals surface area contributed by atoms with Crippen LogP contribution in [0.2, 0.25) is 0 Å². The van der Waals surface area contributed by atoms with E-state index in [4.69, 9.17) is 0 Å². The monoisotopic (exact) mass is 317 g/mol. The van der Waals surface area contributed by atoms with Crippen molar-refractivity contribution in [3.05, 3.63) is 60.0 Å². The van der Waals surface area contributed by atoms with Crippen LogP contribution in [0.15, 0.2) is 48.8 Å². The Kier molecular flexibility index (Phi) is 3.14. The zero-order chi connectivity index (χ0) is 15.8. The Morgan fingerprint density at radius 3 is 2.48 bits per heavy atom. The van der Waals surface area contributed by atoms with Gasteiger partial charge in [-0.2, -0.15) is 14.9 Å². The lowest BCUT2D eigenvalue weighted by molar-refractivity contribution is 0.960. The largest absolute Gasteiger partial charge is 0.265 e. The van der Waals surface area contributed by atoms with E-state index in [1.54, 1.807) is 16.9 Å². The standard InChI is InChI=1S/C17H11N5S/c1-11-2-4-13(5-3-11)16-21-22-14(10-18)15(20-17(22)23-16)12-6-8-19-9-7-12/h2-9H,1H3. The lowest BCUT2D eigenvalue weighted by Gasteiger charge is -1.97. The number of nitrogens with zero attached hydrogens (tertiary/aromatic N) is 5. The predicted molar refractivity (Wildman–Crippen MR) is 89.0 cm³/mol. The van der Waals surface area contributed by atoms with E-state index in [1.165, 1.54) is 16.9 Å². The van der Waals surface area contributed by atoms with Gasteiger partial charge in [-0.15, -0.1) is 0 Å². The highest BCUT2D eigenvalue weighted by Gasteiger charge is 2.18. The fourth-order valence-electron chi connectivity index (χ4n) is 2.37. The van der Waals surface area contributed by atoms with E-state index < -0.39 is 0 Å². The maximum atomic E-state index is 9.52. The number of fused-ring (bicyclic) bond motifs is 1. The van der Waals surface area contributed by atoms with Crippen molar-refractivity contribution in [3.63, 3.8) is 0 Å². The molecule has 0 spiro atoms. The van der Waals surface area contributed by atoms with Gasteiger partial charge in [0.25, 0.3) is 0 Å². The average Bonchev–Trinajstić information content (AvgIpc) is 3.13. The quantitative estimate of drug-likeness (QED) is 0.565. The summed E-state index contributed by atoms with van der Waals surface area (Å²) >= 11 is 1.48. The molecule has 5 nitrogen and oxygen atoms in total. The second-order valence-corrected chi connectivity index (χ2v) is 6.08. The first-order valence-corrected chi connectivity index (χ1v) is 7.85. The van der Waals surface area contributed by atoms with E-state index in [9.17, 15) is 5.26 Å². The second kappa shape index (κ2) is 5.30. The highest BCUT2D eigenvalue weighted by molar-refractivity contribution is 7.19. The molecule has 1 aromatic carbocycles. The van der Waals surface area contributed by atoms with Crippen LogP contribution in [0.5, 0.6) is 0 Å². The lowest BCUT2D eigenvalue weighted by atomic mass is 10.1. The van der Waals surface area contributed by atoms with Gasteiger partial charge in [-0.05, 0) is 19.1 Å². The van der Waals surface area contributed by atoms with Crippen LogP contribution in [0.25, 0.3) is 26.8 Å². The van der Waals surface area contributed by atoms with Gasteiger partial charge in [-0.25, -0.2) is 4.98 Å². The lowest BCUT2D eigenvalue weighted by Crippen LogP contribution is -1.91. The van der Waals surface area contributed by atoms with E-state index in [-0.39, 0.29) is 0 Å². The molecule has 0 radical (unpaired) electrons. The Morgan fingerprint density at radius 2 is 1.78 bits per heavy atom. The van der Waals surface area contributed by atoms with E-state index in [0.717, 1.165) is 16.1 Å². The summed E-state index contributed by atoms with van der Waals surface area (Å²) in [4.78, 5) is 9.30. The number of nitriles is 1. The van der Waals surface area contributed by atoms with Crippen LogP contribution in [-0.4, -0.2) is 19.6 Å². The van der Waals surface area contributed by atoms with Gasteiger partial charge in [0.15, 0.2) is 5.69 Å². The molecule has 4 aromatic rings. The van der Waals surface area contributed by atoms with Gasteiger partial charge >= 0.3 is 0 Å². The van der Waals surface area contributed by atoms with Gasteiger partial charge in [0.1, 0.15) is 16.8 Å². The fraction of sp³-hybridized carbons (Fsp3) is 0.0588. The van der Waals surface area contributed by atoms with Crippen molar-refractivity contribution < 1.29 is 0 Å². The van der Waals surface area contributed by atoms with Crippen LogP contribution in [-0.2, 0) is 0 Å². The molecule has 23 heavy (non-hydrogen) atoms. The first kappa shape index (κ1) is 13.6. The smallest absolute Gasteiger partial charge is 0.214 e. The van der Waals surface area contributed by atoms with E-state index in [1.807, 2.05) is 43.3 Å². The van der Waals surface area contributed by atoms with Crippen molar-refractivity contribution in [2.75, 3.05) is 0 Å². The molecule has 0 aliphatic rings. The van der Waals surface area contributed by atoms with Crippen LogP contribution >= 0.6 is 11.3 Å². The summed E-state index contributed by atoms with van der Waals surface area (Å²) in [6, 6.07) is 14.1. The Labute approximate surface area is 136 Å². The first-order chi connectivity index (χ1) is 11.3. The van der Waals surface area contributed by atoms with Crippen molar-refractivity contribution in [2.45, 2.75) is 6.92 Å². The molecular weight excluding hydrogens is 306 g/mol. The van der Waals surface area contributed by atoms with Crippen LogP contribution in [0, 0.1) is 18.3 Å². The maximum absolute atomic E-state index is 9.52. The van der Waals surface area contributed by atoms with Crippen molar-refractivity contribution >= 4 is 16.3 Å². The number of aromatic nitrogens is 4. The minimum Gasteiger partial charge on any atom is -0.265 e. The summed E-state index contributed by atoms with van der Waals surface area (Å²) in [6.45, 7) is 2.05. The topological polar surface area (TPSA) is 66.9 Å². The second-order valence-electron chi connectivity index (χ2n) is 5.12. The van der Waals surface area contributed by atoms with Crippen LogP contribution in [0.1, 0.15) is 11.3 Å². The van der Waals surface area contributed by atoms with Gasteiger partial charge in [-0.1, -0.05) is 41.2 Å². The number of hydrogen-bond donors (Lipinski definition) is 0. The van der Waals surface area contributed by atoms with Gasteiger partial charge in [-0.3, -0.25) is 4.98 Å². The molecule has 0 atom stereocenters. The Balaban J connectivity index is 1.87. The van der Waals surface area contributed by atoms with Gasteiger partial charge in [0.05, 0.1) is 0 Å². The molecule has 0 saturated carbocycles. The SMILES string of the molecule is Cc1ccc(-c2nn3c(C#N)c(-c4ccncc4)nc3s2)cc1. The molecule has 0 N–H and O–H groups in total. The molecule has 0 aliphatic heterocycles. The molecule has 110 valence electrons. The van der Waals surface area contributed by atoms with Crippen molar-refractivity contribution in [2.24, 2.45) is 0 Å². The Hall–Kier alpha value is -3.04. The van der Waals surface area contributed by atoms with Crippen molar-refractivity contribution in [1.82, 2.24) is 19.6 Å². The van der Waals surface area contributed by atoms with E-state index in [0.29, 0.717) is 16.3 Å². The van der Waals surface area contributed by atoms with Crippen molar-refractivity contribution in [3.8, 4) is 27.9 Å². The molecule has 3 heterocycles. The minimum atomic E-state index is 0.445. The Morgan fingerprint density at radius 1 is 1.04 bits per heavy atom. The molecule has 0 aliphatic carbocycles. The number of imidazole rings is 1. The number of benzene rings is 1. The zero-order valence-corrected chi connectivity index (χ0v) is 13.1. The summed E-state index contributed by atoms with van der Waals surface area (Å²) in [5.41, 5.74) is 4.18. The third-order valence-electron chi connectivity index (χ3n) is 3.56. The molecule has 0 amide bonds. The normalized spacial score (nSPS) is 10.8. The molecule has 0 saturated heterocycles. The molecule has 4 rings (SSSR count). The molecule has 6 heteroatoms. The zero-order valence-electron chi connectivity index (χ0n) is 12.3. The van der Waals surface area contributed by atoms with Crippen molar-refractivity contribution in [1.29, 1.82) is 5.26 Å². The number of pyridine rings is 1. The van der Waals surface area contributed by atoms with Crippen LogP contribution in [0.4, 0.5) is 0 Å². The highest BCUT2D eigenvalue weighted by Crippen LogP contribution is 2.30. The number of rotatable bonds is 2. The minimum absolute atomic E-state index is 0.445. The van der Waals surface area contributed by atoms with E-state index in [2.05, 4.69) is 21.1 Å². The molecular formula is C17H11N5S. The summed E-state index contributed by atoms with van der Waals surface area (Å²) in [6.07, 6.45) is 3.38. The molecule has 3 aromatic heterocycles. The first-order valence-electron chi connectivity index (χ1n) is 7.03. The fourth-order valence-corrected chi connectivity index (χ4v) is 3.28. The summed E-state index contributed by atoms with van der Waals surface area (Å²) in [5, 5.41) is 14.9. The molecule has 0 bridgehead atoms. The summed E-state index contributed by atoms with van der Waals surface area (Å²) < 4.78 is 1.62. The van der Waals surface area contributed by atoms with Crippen LogP contribution in [0.3, 0.4) is 0 Å². The Bertz CT molecular complexity index is 1020. The predicted octanol–water partition coefficient (Wildman–Crippen LogP) is 3.70. The van der Waals surface area contributed by atoms with Gasteiger partial charge < -0.3 is 0 Å². The summed E-state index contributed by atoms with van der Waals surface area (Å²) in [7, 11) is 0. The highest BCUT2D eigenvalue weighted by atomic mass is 32.1. The maximum Gasteiger partial charge on any atom is 0.214 e. The van der Waals surface area contributed by atoms with Crippen LogP contribution < -0.4 is 0 Å². The van der Waals surface area contributed by atoms with Gasteiger partial charge in [0, 0.05) is 23.5 Å². The van der Waals surface area contributed by atoms with Gasteiger partial charge in [0.2, 0.25) is 4.96 Å². The third-order valence-corrected chi connectivity index (χ3v) is 4.52. The molecule has 0 fully saturated rings. The average molecular weight is 317 g/mol. The third kappa shape index (κ3) is 2.28.